The maximum atomic E-state index is 14.1. The molecular weight excluding hydrogens is 391 g/mol. The fourth-order valence-electron chi connectivity index (χ4n) is 2.40. The predicted octanol–water partition coefficient (Wildman–Crippen LogP) is 3.67. The smallest absolute Gasteiger partial charge is 0.353 e. The normalized spacial score (nSPS) is 11.4. The molecule has 0 radical (unpaired) electrons. The Bertz CT molecular complexity index is 1090. The Balaban J connectivity index is 1.80. The van der Waals surface area contributed by atoms with Gasteiger partial charge in [0.2, 0.25) is 0 Å². The minimum absolute atomic E-state index is 0.0399. The van der Waals surface area contributed by atoms with E-state index in [1.54, 1.807) is 23.6 Å². The molecule has 1 N–H and O–H groups in total. The van der Waals surface area contributed by atoms with Crippen molar-refractivity contribution in [1.82, 2.24) is 0 Å². The van der Waals surface area contributed by atoms with Crippen molar-refractivity contribution in [1.29, 1.82) is 0 Å². The van der Waals surface area contributed by atoms with Gasteiger partial charge < -0.3 is 9.84 Å². The van der Waals surface area contributed by atoms with Crippen LogP contribution in [0.15, 0.2) is 58.8 Å². The third-order valence-corrected chi connectivity index (χ3v) is 5.87. The van der Waals surface area contributed by atoms with Crippen molar-refractivity contribution >= 4 is 27.1 Å². The van der Waals surface area contributed by atoms with Crippen molar-refractivity contribution in [2.24, 2.45) is 0 Å². The zero-order valence-corrected chi connectivity index (χ0v) is 15.8. The van der Waals surface area contributed by atoms with Crippen LogP contribution in [0.5, 0.6) is 5.75 Å². The summed E-state index contributed by atoms with van der Waals surface area (Å²) >= 11 is 1.13. The van der Waals surface area contributed by atoms with E-state index in [1.165, 1.54) is 30.3 Å². The number of rotatable bonds is 5. The summed E-state index contributed by atoms with van der Waals surface area (Å²) in [5.41, 5.74) is 1.50. The molecule has 0 aliphatic rings. The molecular formula is C19H15FO5S2. The Morgan fingerprint density at radius 2 is 1.85 bits per heavy atom. The molecule has 0 aliphatic carbocycles. The average Bonchev–Trinajstić information content (AvgIpc) is 3.13. The molecule has 0 bridgehead atoms. The molecule has 1 heterocycles. The lowest BCUT2D eigenvalue weighted by Crippen LogP contribution is -2.08. The van der Waals surface area contributed by atoms with Crippen LogP contribution in [-0.4, -0.2) is 25.7 Å². The van der Waals surface area contributed by atoms with Crippen LogP contribution in [0.3, 0.4) is 0 Å². The zero-order chi connectivity index (χ0) is 19.6. The molecule has 5 nitrogen and oxygen atoms in total. The van der Waals surface area contributed by atoms with Crippen molar-refractivity contribution < 1.29 is 27.4 Å². The zero-order valence-electron chi connectivity index (χ0n) is 14.2. The van der Waals surface area contributed by atoms with E-state index >= 15 is 0 Å². The van der Waals surface area contributed by atoms with Crippen LogP contribution >= 0.6 is 11.3 Å². The molecule has 0 unspecified atom stereocenters. The molecule has 140 valence electrons. The minimum Gasteiger partial charge on any atom is -0.419 e. The van der Waals surface area contributed by atoms with Crippen molar-refractivity contribution in [3.8, 4) is 16.9 Å². The van der Waals surface area contributed by atoms with Gasteiger partial charge in [-0.15, -0.1) is 11.3 Å². The Morgan fingerprint density at radius 1 is 1.15 bits per heavy atom. The second kappa shape index (κ2) is 7.59. The Kier molecular flexibility index (Phi) is 5.41. The summed E-state index contributed by atoms with van der Waals surface area (Å²) in [6, 6.07) is 12.1. The lowest BCUT2D eigenvalue weighted by atomic mass is 10.1. The van der Waals surface area contributed by atoms with E-state index in [0.29, 0.717) is 0 Å². The SMILES string of the molecule is CS(=O)(=O)c1ccc(-c2csc(C(=O)Oc3cccc(CO)c3F)c2)cc1. The van der Waals surface area contributed by atoms with Crippen LogP contribution in [0.2, 0.25) is 0 Å². The van der Waals surface area contributed by atoms with Crippen molar-refractivity contribution in [3.05, 3.63) is 70.2 Å². The van der Waals surface area contributed by atoms with E-state index in [9.17, 15) is 17.6 Å². The second-order valence-electron chi connectivity index (χ2n) is 5.77. The number of esters is 1. The molecule has 0 saturated carbocycles. The number of thiophene rings is 1. The topological polar surface area (TPSA) is 80.7 Å². The van der Waals surface area contributed by atoms with E-state index < -0.39 is 28.2 Å². The quantitative estimate of drug-likeness (QED) is 0.517. The van der Waals surface area contributed by atoms with Gasteiger partial charge in [0.05, 0.1) is 11.5 Å². The van der Waals surface area contributed by atoms with Crippen LogP contribution < -0.4 is 4.74 Å². The number of aliphatic hydroxyl groups is 1. The fourth-order valence-corrected chi connectivity index (χ4v) is 3.82. The highest BCUT2D eigenvalue weighted by molar-refractivity contribution is 7.90. The molecule has 0 fully saturated rings. The second-order valence-corrected chi connectivity index (χ2v) is 8.70. The van der Waals surface area contributed by atoms with Crippen LogP contribution in [0.1, 0.15) is 15.2 Å². The van der Waals surface area contributed by atoms with Gasteiger partial charge in [-0.05, 0) is 40.8 Å². The highest BCUT2D eigenvalue weighted by Gasteiger charge is 2.17. The molecule has 3 aromatic rings. The molecule has 0 aliphatic heterocycles. The van der Waals surface area contributed by atoms with Gasteiger partial charge in [-0.3, -0.25) is 0 Å². The number of ether oxygens (including phenoxy) is 1. The lowest BCUT2D eigenvalue weighted by Gasteiger charge is -2.06. The third kappa shape index (κ3) is 4.24. The van der Waals surface area contributed by atoms with Gasteiger partial charge in [0.15, 0.2) is 21.4 Å². The van der Waals surface area contributed by atoms with E-state index in [1.807, 2.05) is 0 Å². The van der Waals surface area contributed by atoms with Crippen molar-refractivity contribution in [3.63, 3.8) is 0 Å². The van der Waals surface area contributed by atoms with Gasteiger partial charge in [-0.2, -0.15) is 0 Å². The number of halogens is 1. The van der Waals surface area contributed by atoms with Gasteiger partial charge in [0.1, 0.15) is 4.88 Å². The maximum absolute atomic E-state index is 14.1. The Labute approximate surface area is 159 Å². The molecule has 0 amide bonds. The van der Waals surface area contributed by atoms with E-state index in [4.69, 9.17) is 9.84 Å². The van der Waals surface area contributed by atoms with Crippen LogP contribution in [0, 0.1) is 5.82 Å². The first-order chi connectivity index (χ1) is 12.8. The van der Waals surface area contributed by atoms with Crippen LogP contribution in [0.25, 0.3) is 11.1 Å². The van der Waals surface area contributed by atoms with Gasteiger partial charge in [0.25, 0.3) is 0 Å². The summed E-state index contributed by atoms with van der Waals surface area (Å²) in [5.74, 6) is -1.74. The Hall–Kier alpha value is -2.55. The number of carbonyl (C=O) groups excluding carboxylic acids is 1. The summed E-state index contributed by atoms with van der Waals surface area (Å²) in [6.07, 6.45) is 1.13. The number of sulfone groups is 1. The molecule has 0 spiro atoms. The third-order valence-electron chi connectivity index (χ3n) is 3.83. The molecule has 27 heavy (non-hydrogen) atoms. The van der Waals surface area contributed by atoms with E-state index in [-0.39, 0.29) is 21.1 Å². The van der Waals surface area contributed by atoms with Gasteiger partial charge >= 0.3 is 5.97 Å². The molecule has 1 aromatic heterocycles. The molecule has 0 atom stereocenters. The largest absolute Gasteiger partial charge is 0.419 e. The number of hydrogen-bond acceptors (Lipinski definition) is 6. The predicted molar refractivity (Wildman–Crippen MR) is 100 cm³/mol. The maximum Gasteiger partial charge on any atom is 0.353 e. The average molecular weight is 406 g/mol. The summed E-state index contributed by atoms with van der Waals surface area (Å²) < 4.78 is 42.2. The minimum atomic E-state index is -3.28. The molecule has 3 rings (SSSR count). The monoisotopic (exact) mass is 406 g/mol. The summed E-state index contributed by atoms with van der Waals surface area (Å²) in [7, 11) is -3.28. The van der Waals surface area contributed by atoms with E-state index in [0.717, 1.165) is 28.7 Å². The highest BCUT2D eigenvalue weighted by atomic mass is 32.2. The Morgan fingerprint density at radius 3 is 2.48 bits per heavy atom. The number of aliphatic hydroxyl groups excluding tert-OH is 1. The summed E-state index contributed by atoms with van der Waals surface area (Å²) in [6.45, 7) is -0.496. The van der Waals surface area contributed by atoms with Crippen molar-refractivity contribution in [2.45, 2.75) is 11.5 Å². The number of carbonyl (C=O) groups is 1. The summed E-state index contributed by atoms with van der Waals surface area (Å²) in [5, 5.41) is 10.8. The summed E-state index contributed by atoms with van der Waals surface area (Å²) in [4.78, 5) is 12.8. The molecule has 8 heteroatoms. The van der Waals surface area contributed by atoms with Crippen LogP contribution in [0.4, 0.5) is 4.39 Å². The first-order valence-electron chi connectivity index (χ1n) is 7.79. The van der Waals surface area contributed by atoms with Gasteiger partial charge in [-0.25, -0.2) is 17.6 Å². The standard InChI is InChI=1S/C19H15FO5S2/c1-27(23,24)15-7-5-12(6-8-15)14-9-17(26-11-14)19(22)25-16-4-2-3-13(10-21)18(16)20/h2-9,11,21H,10H2,1H3. The highest BCUT2D eigenvalue weighted by Crippen LogP contribution is 2.28. The first-order valence-corrected chi connectivity index (χ1v) is 10.6. The number of benzene rings is 2. The number of hydrogen-bond donors (Lipinski definition) is 1. The van der Waals surface area contributed by atoms with Crippen molar-refractivity contribution in [2.75, 3.05) is 6.26 Å². The lowest BCUT2D eigenvalue weighted by molar-refractivity contribution is 0.0732. The van der Waals surface area contributed by atoms with Gasteiger partial charge in [-0.1, -0.05) is 24.3 Å². The fraction of sp³-hybridized carbons (Fsp3) is 0.105. The van der Waals surface area contributed by atoms with Crippen LogP contribution in [-0.2, 0) is 16.4 Å². The van der Waals surface area contributed by atoms with Gasteiger partial charge in [0, 0.05) is 11.8 Å². The molecule has 0 saturated heterocycles. The molecule has 2 aromatic carbocycles. The van der Waals surface area contributed by atoms with E-state index in [2.05, 4.69) is 0 Å². The first kappa shape index (κ1) is 19.2.